The summed E-state index contributed by atoms with van der Waals surface area (Å²) >= 11 is 5.97. The minimum Gasteiger partial charge on any atom is -0.366 e. The first-order chi connectivity index (χ1) is 17.0. The number of halogens is 2. The van der Waals surface area contributed by atoms with Gasteiger partial charge in [0.15, 0.2) is 0 Å². The number of primary amides is 1. The Kier molecular flexibility index (Phi) is 5.99. The Labute approximate surface area is 213 Å². The Hall–Kier alpha value is -3.45. The number of carbonyl (C=O) groups excluding carboxylic acids is 2. The Balaban J connectivity index is 1.62. The number of piperidine rings is 1. The van der Waals surface area contributed by atoms with E-state index in [0.717, 1.165) is 18.2 Å². The van der Waals surface area contributed by atoms with Gasteiger partial charge in [0.1, 0.15) is 5.82 Å². The van der Waals surface area contributed by atoms with Crippen molar-refractivity contribution in [2.24, 2.45) is 11.1 Å². The van der Waals surface area contributed by atoms with Gasteiger partial charge < -0.3 is 15.6 Å². The molecule has 1 aliphatic heterocycles. The zero-order chi connectivity index (χ0) is 25.8. The molecule has 2 amide bonds. The van der Waals surface area contributed by atoms with E-state index in [1.807, 2.05) is 11.0 Å². The van der Waals surface area contributed by atoms with Gasteiger partial charge in [-0.15, -0.1) is 0 Å². The van der Waals surface area contributed by atoms with Crippen LogP contribution in [0.25, 0.3) is 33.2 Å². The third-order valence-electron chi connectivity index (χ3n) is 6.88. The number of aromatic nitrogens is 2. The van der Waals surface area contributed by atoms with Crippen molar-refractivity contribution < 1.29 is 14.0 Å². The van der Waals surface area contributed by atoms with Gasteiger partial charge in [0, 0.05) is 34.6 Å². The number of pyridine rings is 1. The number of rotatable bonds is 3. The molecule has 0 bridgehead atoms. The van der Waals surface area contributed by atoms with Crippen molar-refractivity contribution in [1.29, 1.82) is 0 Å². The van der Waals surface area contributed by atoms with Crippen LogP contribution in [0.1, 0.15) is 54.3 Å². The Bertz CT molecular complexity index is 1520. The summed E-state index contributed by atoms with van der Waals surface area (Å²) in [4.78, 5) is 35.8. The zero-order valence-corrected chi connectivity index (χ0v) is 21.1. The number of hydrogen-bond acceptors (Lipinski definition) is 3. The first-order valence-electron chi connectivity index (χ1n) is 11.9. The number of nitrogens with zero attached hydrogens (tertiary/aromatic N) is 2. The summed E-state index contributed by atoms with van der Waals surface area (Å²) in [6, 6.07) is 11.4. The van der Waals surface area contributed by atoms with Gasteiger partial charge in [-0.3, -0.25) is 9.59 Å². The lowest BCUT2D eigenvalue weighted by Gasteiger charge is -2.43. The van der Waals surface area contributed by atoms with Crippen LogP contribution in [0.15, 0.2) is 42.5 Å². The highest BCUT2D eigenvalue weighted by Crippen LogP contribution is 2.35. The maximum atomic E-state index is 13.7. The summed E-state index contributed by atoms with van der Waals surface area (Å²) in [5.74, 6) is -1.19. The van der Waals surface area contributed by atoms with Crippen LogP contribution in [0, 0.1) is 17.7 Å². The molecule has 1 unspecified atom stereocenters. The maximum absolute atomic E-state index is 13.7. The van der Waals surface area contributed by atoms with Crippen molar-refractivity contribution in [2.75, 3.05) is 6.54 Å². The molecule has 36 heavy (non-hydrogen) atoms. The van der Waals surface area contributed by atoms with Crippen LogP contribution in [0.4, 0.5) is 4.39 Å². The number of fused-ring (bicyclic) bond motifs is 3. The molecule has 1 aliphatic rings. The number of H-pyrrole nitrogens is 1. The fraction of sp³-hybridized carbons (Fsp3) is 0.286. The first kappa shape index (κ1) is 24.3. The van der Waals surface area contributed by atoms with E-state index in [0.29, 0.717) is 39.9 Å². The highest BCUT2D eigenvalue weighted by molar-refractivity contribution is 6.31. The van der Waals surface area contributed by atoms with Gasteiger partial charge >= 0.3 is 0 Å². The predicted octanol–water partition coefficient (Wildman–Crippen LogP) is 6.13. The second-order valence-corrected chi connectivity index (χ2v) is 10.8. The van der Waals surface area contributed by atoms with E-state index in [1.54, 1.807) is 24.3 Å². The monoisotopic (exact) mass is 505 g/mol. The molecule has 1 radical (unpaired) electrons. The average molecular weight is 506 g/mol. The van der Waals surface area contributed by atoms with Crippen molar-refractivity contribution in [2.45, 2.75) is 39.7 Å². The Morgan fingerprint density at radius 1 is 1.17 bits per heavy atom. The lowest BCUT2D eigenvalue weighted by Crippen LogP contribution is -2.50. The predicted molar refractivity (Wildman–Crippen MR) is 140 cm³/mol. The van der Waals surface area contributed by atoms with E-state index in [9.17, 15) is 14.0 Å². The lowest BCUT2D eigenvalue weighted by atomic mass is 9.80. The fourth-order valence-electron chi connectivity index (χ4n) is 5.01. The number of aromatic amines is 1. The van der Waals surface area contributed by atoms with Crippen LogP contribution in [0.2, 0.25) is 5.02 Å². The molecule has 5 rings (SSSR count). The topological polar surface area (TPSA) is 92.1 Å². The quantitative estimate of drug-likeness (QED) is 0.351. The molecule has 1 fully saturated rings. The summed E-state index contributed by atoms with van der Waals surface area (Å²) in [5.41, 5.74) is 9.17. The maximum Gasteiger partial charge on any atom is 0.254 e. The molecular weight excluding hydrogens is 479 g/mol. The van der Waals surface area contributed by atoms with E-state index in [4.69, 9.17) is 22.3 Å². The van der Waals surface area contributed by atoms with Crippen molar-refractivity contribution >= 4 is 45.4 Å². The van der Waals surface area contributed by atoms with Gasteiger partial charge in [-0.25, -0.2) is 9.37 Å². The van der Waals surface area contributed by atoms with Crippen LogP contribution in [-0.2, 0) is 0 Å². The van der Waals surface area contributed by atoms with Gasteiger partial charge in [0.2, 0.25) is 0 Å². The summed E-state index contributed by atoms with van der Waals surface area (Å²) in [6.45, 7) is 7.14. The molecule has 3 heterocycles. The van der Waals surface area contributed by atoms with E-state index in [-0.39, 0.29) is 28.0 Å². The van der Waals surface area contributed by atoms with E-state index in [2.05, 4.69) is 32.2 Å². The smallest absolute Gasteiger partial charge is 0.254 e. The highest BCUT2D eigenvalue weighted by atomic mass is 35.5. The molecular formula is C28H27ClFN4O2. The second-order valence-electron chi connectivity index (χ2n) is 10.4. The highest BCUT2D eigenvalue weighted by Gasteiger charge is 2.35. The minimum atomic E-state index is -0.627. The molecule has 4 aromatic rings. The van der Waals surface area contributed by atoms with Crippen LogP contribution in [0.3, 0.4) is 0 Å². The van der Waals surface area contributed by atoms with Gasteiger partial charge in [-0.2, -0.15) is 0 Å². The lowest BCUT2D eigenvalue weighted by molar-refractivity contribution is 0.0460. The molecule has 2 aromatic carbocycles. The standard InChI is InChI=1S/C28H27ClFN4O2/c1-28(2,3)23-6-4-5-11-34(23)27(36)16-7-9-17-22(13-16)33-25-18(26(31)35)14-21(32-24(17)25)15-8-10-20(30)19(29)12-15/h4,7-10,12-14,23,33H,5-6,11H2,1-3H3,(H2,31,35). The number of nitrogens with one attached hydrogen (secondary N) is 1. The molecule has 1 saturated heterocycles. The Morgan fingerprint density at radius 2 is 1.94 bits per heavy atom. The number of amides is 2. The molecule has 3 N–H and O–H groups in total. The van der Waals surface area contributed by atoms with Gasteiger partial charge in [0.25, 0.3) is 11.8 Å². The largest absolute Gasteiger partial charge is 0.366 e. The second kappa shape index (κ2) is 8.89. The number of likely N-dealkylation sites (tertiary alicyclic amines) is 1. The summed E-state index contributed by atoms with van der Waals surface area (Å²) in [6.07, 6.45) is 3.99. The van der Waals surface area contributed by atoms with Crippen LogP contribution >= 0.6 is 11.6 Å². The SMILES string of the molecule is CC(C)(C)C1C[CH]CCN1C(=O)c1ccc2c(c1)[nH]c1c(C(N)=O)cc(-c3ccc(F)c(Cl)c3)nc12. The van der Waals surface area contributed by atoms with E-state index in [1.165, 1.54) is 12.1 Å². The number of hydrogen-bond donors (Lipinski definition) is 2. The van der Waals surface area contributed by atoms with Gasteiger partial charge in [0.05, 0.1) is 27.3 Å². The summed E-state index contributed by atoms with van der Waals surface area (Å²) < 4.78 is 13.7. The van der Waals surface area contributed by atoms with Crippen molar-refractivity contribution in [3.63, 3.8) is 0 Å². The Morgan fingerprint density at radius 3 is 2.64 bits per heavy atom. The van der Waals surface area contributed by atoms with Gasteiger partial charge in [-0.05, 0) is 67.1 Å². The summed E-state index contributed by atoms with van der Waals surface area (Å²) in [7, 11) is 0. The number of carbonyl (C=O) groups is 2. The molecule has 185 valence electrons. The molecule has 6 nitrogen and oxygen atoms in total. The molecule has 2 aromatic heterocycles. The summed E-state index contributed by atoms with van der Waals surface area (Å²) in [5, 5.41) is 0.708. The third-order valence-corrected chi connectivity index (χ3v) is 7.17. The van der Waals surface area contributed by atoms with Crippen LogP contribution in [-0.4, -0.2) is 39.3 Å². The number of nitrogens with two attached hydrogens (primary N) is 1. The molecule has 0 aliphatic carbocycles. The minimum absolute atomic E-state index is 0.0201. The molecule has 0 spiro atoms. The van der Waals surface area contributed by atoms with E-state index >= 15 is 0 Å². The normalized spacial score (nSPS) is 16.6. The average Bonchev–Trinajstić information content (AvgIpc) is 3.21. The molecule has 0 saturated carbocycles. The zero-order valence-electron chi connectivity index (χ0n) is 20.4. The molecule has 8 heteroatoms. The fourth-order valence-corrected chi connectivity index (χ4v) is 5.19. The van der Waals surface area contributed by atoms with Gasteiger partial charge in [-0.1, -0.05) is 32.4 Å². The number of benzene rings is 2. The molecule has 1 atom stereocenters. The van der Waals surface area contributed by atoms with Crippen LogP contribution in [0.5, 0.6) is 0 Å². The van der Waals surface area contributed by atoms with Crippen LogP contribution < -0.4 is 5.73 Å². The van der Waals surface area contributed by atoms with Crippen molar-refractivity contribution in [3.8, 4) is 11.3 Å². The first-order valence-corrected chi connectivity index (χ1v) is 12.3. The van der Waals surface area contributed by atoms with Crippen molar-refractivity contribution in [1.82, 2.24) is 14.9 Å². The third kappa shape index (κ3) is 4.22. The van der Waals surface area contributed by atoms with E-state index < -0.39 is 11.7 Å². The van der Waals surface area contributed by atoms with Crippen molar-refractivity contribution in [3.05, 3.63) is 70.9 Å².